The number of benzene rings is 1. The highest BCUT2D eigenvalue weighted by Gasteiger charge is 2.13. The Morgan fingerprint density at radius 2 is 1.96 bits per heavy atom. The molecule has 0 aliphatic rings. The van der Waals surface area contributed by atoms with Crippen molar-refractivity contribution in [3.8, 4) is 5.75 Å². The highest BCUT2D eigenvalue weighted by molar-refractivity contribution is 6.02. The first-order valence-corrected chi connectivity index (χ1v) is 7.40. The van der Waals surface area contributed by atoms with Crippen LogP contribution in [0, 0.1) is 13.8 Å². The number of halogens is 2. The maximum Gasteiger partial charge on any atom is 0.387 e. The molecule has 5 nitrogen and oxygen atoms in total. The Hall–Kier alpha value is -2.70. The first-order valence-electron chi connectivity index (χ1n) is 7.40. The van der Waals surface area contributed by atoms with E-state index in [9.17, 15) is 13.6 Å². The van der Waals surface area contributed by atoms with E-state index in [0.29, 0.717) is 34.8 Å². The number of aryl methyl sites for hydroxylation is 2. The number of hydrogen-bond donors (Lipinski definition) is 1. The molecule has 24 heavy (non-hydrogen) atoms. The van der Waals surface area contributed by atoms with Gasteiger partial charge in [0.25, 0.3) is 5.91 Å². The van der Waals surface area contributed by atoms with E-state index in [-0.39, 0.29) is 11.7 Å². The standard InChI is InChI=1S/C17H18F2N2O3/c1-4-15(12-5-7-13(8-6-12)24-17(18)19)20-21-16(22)14-9-10(2)23-11(14)3/h5-9,17H,4H2,1-3H3,(H,21,22). The number of hydrogen-bond acceptors (Lipinski definition) is 4. The summed E-state index contributed by atoms with van der Waals surface area (Å²) >= 11 is 0. The average Bonchev–Trinajstić information content (AvgIpc) is 2.87. The Labute approximate surface area is 138 Å². The molecule has 0 saturated heterocycles. The molecular weight excluding hydrogens is 318 g/mol. The van der Waals surface area contributed by atoms with E-state index in [2.05, 4.69) is 15.3 Å². The fourth-order valence-electron chi connectivity index (χ4n) is 2.21. The van der Waals surface area contributed by atoms with E-state index in [0.717, 1.165) is 0 Å². The van der Waals surface area contributed by atoms with Gasteiger partial charge in [0.05, 0.1) is 11.3 Å². The molecule has 2 rings (SSSR count). The van der Waals surface area contributed by atoms with Gasteiger partial charge in [-0.15, -0.1) is 0 Å². The molecule has 0 saturated carbocycles. The van der Waals surface area contributed by atoms with Crippen molar-refractivity contribution < 1.29 is 22.7 Å². The summed E-state index contributed by atoms with van der Waals surface area (Å²) in [4.78, 5) is 12.1. The van der Waals surface area contributed by atoms with Crippen molar-refractivity contribution in [2.24, 2.45) is 5.10 Å². The van der Waals surface area contributed by atoms with Crippen LogP contribution in [0.25, 0.3) is 0 Å². The van der Waals surface area contributed by atoms with Gasteiger partial charge in [0.2, 0.25) is 0 Å². The topological polar surface area (TPSA) is 63.8 Å². The zero-order valence-corrected chi connectivity index (χ0v) is 13.6. The summed E-state index contributed by atoms with van der Waals surface area (Å²) in [6.07, 6.45) is 0.554. The Balaban J connectivity index is 2.11. The summed E-state index contributed by atoms with van der Waals surface area (Å²) < 4.78 is 33.9. The van der Waals surface area contributed by atoms with Crippen LogP contribution < -0.4 is 10.2 Å². The molecule has 1 heterocycles. The number of nitrogens with one attached hydrogen (secondary N) is 1. The smallest absolute Gasteiger partial charge is 0.387 e. The lowest BCUT2D eigenvalue weighted by Gasteiger charge is -2.07. The molecule has 1 aromatic carbocycles. The number of hydrazone groups is 1. The molecule has 0 aliphatic heterocycles. The van der Waals surface area contributed by atoms with Gasteiger partial charge in [-0.1, -0.05) is 6.92 Å². The lowest BCUT2D eigenvalue weighted by Crippen LogP contribution is -2.20. The lowest BCUT2D eigenvalue weighted by molar-refractivity contribution is -0.0498. The molecule has 0 spiro atoms. The number of furan rings is 1. The molecule has 0 aliphatic carbocycles. The maximum absolute atomic E-state index is 12.1. The van der Waals surface area contributed by atoms with Crippen LogP contribution >= 0.6 is 0 Å². The molecule has 0 fully saturated rings. The highest BCUT2D eigenvalue weighted by Crippen LogP contribution is 2.16. The molecule has 1 amide bonds. The zero-order chi connectivity index (χ0) is 17.7. The van der Waals surface area contributed by atoms with Gasteiger partial charge in [-0.3, -0.25) is 4.79 Å². The number of nitrogens with zero attached hydrogens (tertiary/aromatic N) is 1. The summed E-state index contributed by atoms with van der Waals surface area (Å²) in [5.41, 5.74) is 4.23. The van der Waals surface area contributed by atoms with Gasteiger partial charge < -0.3 is 9.15 Å². The number of carbonyl (C=O) groups excluding carboxylic acids is 1. The molecule has 2 aromatic rings. The van der Waals surface area contributed by atoms with Crippen LogP contribution in [0.5, 0.6) is 5.75 Å². The van der Waals surface area contributed by atoms with Gasteiger partial charge in [-0.2, -0.15) is 13.9 Å². The Morgan fingerprint density at radius 1 is 1.29 bits per heavy atom. The van der Waals surface area contributed by atoms with Gasteiger partial charge in [0, 0.05) is 0 Å². The van der Waals surface area contributed by atoms with Crippen molar-refractivity contribution in [3.63, 3.8) is 0 Å². The van der Waals surface area contributed by atoms with Crippen molar-refractivity contribution in [3.05, 3.63) is 53.0 Å². The first kappa shape index (κ1) is 17.7. The van der Waals surface area contributed by atoms with Crippen LogP contribution in [0.1, 0.15) is 40.8 Å². The molecule has 1 N–H and O–H groups in total. The molecule has 128 valence electrons. The van der Waals surface area contributed by atoms with Crippen molar-refractivity contribution >= 4 is 11.6 Å². The van der Waals surface area contributed by atoms with Crippen LogP contribution in [0.15, 0.2) is 39.9 Å². The number of carbonyl (C=O) groups is 1. The minimum atomic E-state index is -2.86. The Kier molecular flexibility index (Phi) is 5.68. The normalized spacial score (nSPS) is 11.7. The van der Waals surface area contributed by atoms with Crippen LogP contribution in [0.2, 0.25) is 0 Å². The second-order valence-corrected chi connectivity index (χ2v) is 5.08. The number of alkyl halides is 2. The van der Waals surface area contributed by atoms with E-state index < -0.39 is 6.61 Å². The third-order valence-corrected chi connectivity index (χ3v) is 3.33. The van der Waals surface area contributed by atoms with Gasteiger partial charge in [0.15, 0.2) is 0 Å². The largest absolute Gasteiger partial charge is 0.466 e. The molecule has 0 radical (unpaired) electrons. The Bertz CT molecular complexity index is 737. The summed E-state index contributed by atoms with van der Waals surface area (Å²) in [6, 6.07) is 7.72. The van der Waals surface area contributed by atoms with Crippen LogP contribution in [-0.4, -0.2) is 18.2 Å². The van der Waals surface area contributed by atoms with Crippen LogP contribution in [0.3, 0.4) is 0 Å². The predicted molar refractivity (Wildman–Crippen MR) is 85.6 cm³/mol. The van der Waals surface area contributed by atoms with Gasteiger partial charge in [-0.05, 0) is 56.2 Å². The summed E-state index contributed by atoms with van der Waals surface area (Å²) in [7, 11) is 0. The van der Waals surface area contributed by atoms with Gasteiger partial charge in [0.1, 0.15) is 17.3 Å². The van der Waals surface area contributed by atoms with Crippen molar-refractivity contribution in [2.45, 2.75) is 33.8 Å². The second-order valence-electron chi connectivity index (χ2n) is 5.08. The third kappa shape index (κ3) is 4.41. The molecule has 0 unspecified atom stereocenters. The van der Waals surface area contributed by atoms with E-state index >= 15 is 0 Å². The molecule has 0 atom stereocenters. The highest BCUT2D eigenvalue weighted by atomic mass is 19.3. The van der Waals surface area contributed by atoms with E-state index in [1.54, 1.807) is 32.0 Å². The minimum absolute atomic E-state index is 0.0673. The Morgan fingerprint density at radius 3 is 2.46 bits per heavy atom. The summed E-state index contributed by atoms with van der Waals surface area (Å²) in [5.74, 6) is 0.865. The molecular formula is C17H18F2N2O3. The SMILES string of the molecule is CCC(=NNC(=O)c1cc(C)oc1C)c1ccc(OC(F)F)cc1. The average molecular weight is 336 g/mol. The fourth-order valence-corrected chi connectivity index (χ4v) is 2.21. The van der Waals surface area contributed by atoms with Crippen LogP contribution in [-0.2, 0) is 0 Å². The third-order valence-electron chi connectivity index (χ3n) is 3.33. The maximum atomic E-state index is 12.1. The first-order chi connectivity index (χ1) is 11.4. The second kappa shape index (κ2) is 7.72. The van der Waals surface area contributed by atoms with Crippen LogP contribution in [0.4, 0.5) is 8.78 Å². The lowest BCUT2D eigenvalue weighted by atomic mass is 10.1. The van der Waals surface area contributed by atoms with E-state index in [1.807, 2.05) is 6.92 Å². The van der Waals surface area contributed by atoms with Crippen molar-refractivity contribution in [1.82, 2.24) is 5.43 Å². The monoisotopic (exact) mass is 336 g/mol. The zero-order valence-electron chi connectivity index (χ0n) is 13.6. The molecule has 7 heteroatoms. The fraction of sp³-hybridized carbons (Fsp3) is 0.294. The quantitative estimate of drug-likeness (QED) is 0.639. The van der Waals surface area contributed by atoms with Gasteiger partial charge >= 0.3 is 6.61 Å². The molecule has 1 aromatic heterocycles. The summed E-state index contributed by atoms with van der Waals surface area (Å²) in [5, 5.41) is 4.12. The summed E-state index contributed by atoms with van der Waals surface area (Å²) in [6.45, 7) is 2.47. The van der Waals surface area contributed by atoms with Crippen molar-refractivity contribution in [2.75, 3.05) is 0 Å². The predicted octanol–water partition coefficient (Wildman–Crippen LogP) is 4.04. The number of amides is 1. The van der Waals surface area contributed by atoms with E-state index in [4.69, 9.17) is 4.42 Å². The number of ether oxygens (including phenoxy) is 1. The van der Waals surface area contributed by atoms with E-state index in [1.165, 1.54) is 12.1 Å². The molecule has 0 bridgehead atoms. The minimum Gasteiger partial charge on any atom is -0.466 e. The van der Waals surface area contributed by atoms with Crippen molar-refractivity contribution in [1.29, 1.82) is 0 Å². The van der Waals surface area contributed by atoms with Gasteiger partial charge in [-0.25, -0.2) is 5.43 Å². The number of rotatable bonds is 6.